The van der Waals surface area contributed by atoms with Crippen molar-refractivity contribution < 1.29 is 28.6 Å². The third-order valence-electron chi connectivity index (χ3n) is 14.3. The van der Waals surface area contributed by atoms with Crippen LogP contribution in [0.25, 0.3) is 0 Å². The summed E-state index contributed by atoms with van der Waals surface area (Å²) >= 11 is 0. The normalized spacial score (nSPS) is 12.0. The highest BCUT2D eigenvalue weighted by Gasteiger charge is 2.19. The zero-order valence-electron chi connectivity index (χ0n) is 46.9. The summed E-state index contributed by atoms with van der Waals surface area (Å²) in [6.45, 7) is 6.68. The maximum Gasteiger partial charge on any atom is 0.306 e. The second-order valence-electron chi connectivity index (χ2n) is 21.3. The lowest BCUT2D eigenvalue weighted by Gasteiger charge is -2.18. The van der Waals surface area contributed by atoms with E-state index in [0.717, 1.165) is 64.2 Å². The topological polar surface area (TPSA) is 78.9 Å². The van der Waals surface area contributed by atoms with Crippen LogP contribution < -0.4 is 0 Å². The molecule has 0 aliphatic heterocycles. The fourth-order valence-electron chi connectivity index (χ4n) is 9.56. The van der Waals surface area contributed by atoms with Gasteiger partial charge >= 0.3 is 17.9 Å². The van der Waals surface area contributed by atoms with Gasteiger partial charge in [0.1, 0.15) is 13.2 Å². The second-order valence-corrected chi connectivity index (χ2v) is 21.3. The maximum atomic E-state index is 12.8. The summed E-state index contributed by atoms with van der Waals surface area (Å²) < 4.78 is 16.9. The van der Waals surface area contributed by atoms with Gasteiger partial charge in [-0.1, -0.05) is 303 Å². The molecule has 0 aromatic rings. The molecular weight excluding hydrogens is 853 g/mol. The number of ether oxygens (including phenoxy) is 3. The quantitative estimate of drug-likeness (QED) is 0.0261. The Morgan fingerprint density at radius 1 is 0.275 bits per heavy atom. The first-order valence-electron chi connectivity index (χ1n) is 31.2. The lowest BCUT2D eigenvalue weighted by atomic mass is 10.0. The number of carbonyl (C=O) groups is 3. The molecule has 6 nitrogen and oxygen atoms in total. The van der Waals surface area contributed by atoms with Gasteiger partial charge in [0.2, 0.25) is 0 Å². The summed E-state index contributed by atoms with van der Waals surface area (Å²) in [7, 11) is 0. The van der Waals surface area contributed by atoms with Crippen molar-refractivity contribution in [2.24, 2.45) is 0 Å². The Morgan fingerprint density at radius 2 is 0.478 bits per heavy atom. The molecule has 0 aliphatic carbocycles. The van der Waals surface area contributed by atoms with Gasteiger partial charge in [0.15, 0.2) is 6.10 Å². The van der Waals surface area contributed by atoms with E-state index >= 15 is 0 Å². The van der Waals surface area contributed by atoms with Crippen LogP contribution in [0, 0.1) is 0 Å². The molecule has 0 saturated carbocycles. The molecule has 6 heteroatoms. The lowest BCUT2D eigenvalue weighted by molar-refractivity contribution is -0.167. The first-order chi connectivity index (χ1) is 34.0. The molecule has 408 valence electrons. The first kappa shape index (κ1) is 67.1. The predicted octanol–water partition coefficient (Wildman–Crippen LogP) is 20.9. The van der Waals surface area contributed by atoms with Crippen LogP contribution in [0.1, 0.15) is 355 Å². The van der Waals surface area contributed by atoms with Crippen LogP contribution in [0.3, 0.4) is 0 Å². The van der Waals surface area contributed by atoms with Gasteiger partial charge in [-0.15, -0.1) is 0 Å². The predicted molar refractivity (Wildman–Crippen MR) is 298 cm³/mol. The number of esters is 3. The van der Waals surface area contributed by atoms with Crippen molar-refractivity contribution in [3.63, 3.8) is 0 Å². The van der Waals surface area contributed by atoms with E-state index in [1.165, 1.54) is 250 Å². The highest BCUT2D eigenvalue weighted by atomic mass is 16.6. The molecule has 69 heavy (non-hydrogen) atoms. The molecule has 0 aromatic carbocycles. The number of unbranched alkanes of at least 4 members (excludes halogenated alkanes) is 45. The number of hydrogen-bond acceptors (Lipinski definition) is 6. The maximum absolute atomic E-state index is 12.8. The van der Waals surface area contributed by atoms with Gasteiger partial charge in [0.05, 0.1) is 0 Å². The minimum Gasteiger partial charge on any atom is -0.462 e. The van der Waals surface area contributed by atoms with Crippen molar-refractivity contribution in [1.29, 1.82) is 0 Å². The Bertz CT molecular complexity index is 1070. The Labute approximate surface area is 431 Å². The van der Waals surface area contributed by atoms with Crippen molar-refractivity contribution in [3.8, 4) is 0 Å². The van der Waals surface area contributed by atoms with Crippen molar-refractivity contribution in [2.75, 3.05) is 13.2 Å². The van der Waals surface area contributed by atoms with Gasteiger partial charge < -0.3 is 14.2 Å². The molecule has 1 atom stereocenters. The molecule has 0 aliphatic rings. The van der Waals surface area contributed by atoms with Gasteiger partial charge in [-0.2, -0.15) is 0 Å². The van der Waals surface area contributed by atoms with Crippen molar-refractivity contribution >= 4 is 17.9 Å². The fourth-order valence-corrected chi connectivity index (χ4v) is 9.56. The highest BCUT2D eigenvalue weighted by Crippen LogP contribution is 2.18. The fraction of sp³-hybridized carbons (Fsp3) is 0.921. The van der Waals surface area contributed by atoms with Gasteiger partial charge in [-0.25, -0.2) is 0 Å². The van der Waals surface area contributed by atoms with E-state index < -0.39 is 6.10 Å². The monoisotopic (exact) mass is 973 g/mol. The average Bonchev–Trinajstić information content (AvgIpc) is 3.35. The summed E-state index contributed by atoms with van der Waals surface area (Å²) in [6, 6.07) is 0. The molecule has 0 rings (SSSR count). The van der Waals surface area contributed by atoms with Crippen LogP contribution in [0.5, 0.6) is 0 Å². The molecular formula is C63H120O6. The van der Waals surface area contributed by atoms with E-state index in [1.807, 2.05) is 0 Å². The molecule has 0 bridgehead atoms. The third kappa shape index (κ3) is 56.9. The van der Waals surface area contributed by atoms with Gasteiger partial charge in [0, 0.05) is 19.3 Å². The van der Waals surface area contributed by atoms with E-state index in [2.05, 4.69) is 32.9 Å². The van der Waals surface area contributed by atoms with Crippen LogP contribution in [0.4, 0.5) is 0 Å². The third-order valence-corrected chi connectivity index (χ3v) is 14.3. The van der Waals surface area contributed by atoms with Gasteiger partial charge in [-0.3, -0.25) is 14.4 Å². The molecule has 0 saturated heterocycles. The molecule has 0 radical (unpaired) electrons. The number of allylic oxidation sites excluding steroid dienone is 2. The zero-order chi connectivity index (χ0) is 50.0. The van der Waals surface area contributed by atoms with Crippen molar-refractivity contribution in [2.45, 2.75) is 361 Å². The smallest absolute Gasteiger partial charge is 0.306 e. The molecule has 0 fully saturated rings. The van der Waals surface area contributed by atoms with Gasteiger partial charge in [0.25, 0.3) is 0 Å². The van der Waals surface area contributed by atoms with E-state index in [-0.39, 0.29) is 31.1 Å². The number of rotatable bonds is 58. The SMILES string of the molecule is CCCCCCCCC/C=C\CCCCCCCC(=O)OC(COC(=O)CCCCCCCCCCCC)COC(=O)CCCCCCCCCCCCCCCCCCCCCCCCCCC. The summed E-state index contributed by atoms with van der Waals surface area (Å²) in [5, 5.41) is 0. The van der Waals surface area contributed by atoms with E-state index in [4.69, 9.17) is 14.2 Å². The molecule has 1 unspecified atom stereocenters. The summed E-state index contributed by atoms with van der Waals surface area (Å²) in [6.07, 6.45) is 68.0. The molecule has 0 amide bonds. The lowest BCUT2D eigenvalue weighted by Crippen LogP contribution is -2.30. The van der Waals surface area contributed by atoms with Crippen molar-refractivity contribution in [1.82, 2.24) is 0 Å². The van der Waals surface area contributed by atoms with Crippen molar-refractivity contribution in [3.05, 3.63) is 12.2 Å². The largest absolute Gasteiger partial charge is 0.462 e. The number of hydrogen-bond donors (Lipinski definition) is 0. The first-order valence-corrected chi connectivity index (χ1v) is 31.2. The number of carbonyl (C=O) groups excluding carboxylic acids is 3. The Kier molecular flexibility index (Phi) is 57.1. The van der Waals surface area contributed by atoms with Crippen LogP contribution in [-0.2, 0) is 28.6 Å². The van der Waals surface area contributed by atoms with Crippen LogP contribution in [-0.4, -0.2) is 37.2 Å². The molecule has 0 spiro atoms. The zero-order valence-corrected chi connectivity index (χ0v) is 46.9. The second kappa shape index (κ2) is 58.7. The van der Waals surface area contributed by atoms with Crippen LogP contribution >= 0.6 is 0 Å². The highest BCUT2D eigenvalue weighted by molar-refractivity contribution is 5.71. The van der Waals surface area contributed by atoms with E-state index in [0.29, 0.717) is 19.3 Å². The molecule has 0 aromatic heterocycles. The van der Waals surface area contributed by atoms with Gasteiger partial charge in [-0.05, 0) is 44.9 Å². The summed E-state index contributed by atoms with van der Waals surface area (Å²) in [5.74, 6) is -0.852. The van der Waals surface area contributed by atoms with E-state index in [9.17, 15) is 14.4 Å². The van der Waals surface area contributed by atoms with Crippen LogP contribution in [0.2, 0.25) is 0 Å². The minimum atomic E-state index is -0.769. The standard InChI is InChI=1S/C63H120O6/c1-4-7-10-13-16-19-22-24-26-28-29-30-31-32-33-34-35-36-38-39-41-44-47-50-53-56-62(65)68-59-60(58-67-61(64)55-52-49-46-43-21-18-15-12-9-6-3)69-63(66)57-54-51-48-45-42-40-37-27-25-23-20-17-14-11-8-5-2/h27,37,60H,4-26,28-36,38-59H2,1-3H3/b37-27-. The minimum absolute atomic E-state index is 0.0674. The summed E-state index contributed by atoms with van der Waals surface area (Å²) in [4.78, 5) is 38.1. The molecule has 0 heterocycles. The Hall–Kier alpha value is -1.85. The average molecular weight is 974 g/mol. The Morgan fingerprint density at radius 3 is 0.725 bits per heavy atom. The Balaban J connectivity index is 4.15. The van der Waals surface area contributed by atoms with Crippen LogP contribution in [0.15, 0.2) is 12.2 Å². The molecule has 0 N–H and O–H groups in total. The van der Waals surface area contributed by atoms with E-state index in [1.54, 1.807) is 0 Å². The summed E-state index contributed by atoms with van der Waals surface area (Å²) in [5.41, 5.74) is 0.